The molecule has 5 rings (SSSR count). The van der Waals surface area contributed by atoms with Crippen molar-refractivity contribution in [1.82, 2.24) is 30.2 Å². The second-order valence-electron chi connectivity index (χ2n) is 7.24. The largest absolute Gasteiger partial charge is 0.508 e. The van der Waals surface area contributed by atoms with E-state index < -0.39 is 0 Å². The number of tetrazole rings is 1. The highest BCUT2D eigenvalue weighted by Gasteiger charge is 2.23. The zero-order valence-electron chi connectivity index (χ0n) is 15.7. The van der Waals surface area contributed by atoms with Crippen LogP contribution in [0.5, 0.6) is 5.75 Å². The summed E-state index contributed by atoms with van der Waals surface area (Å²) in [5, 5.41) is 23.0. The second-order valence-corrected chi connectivity index (χ2v) is 9.26. The highest BCUT2D eigenvalue weighted by molar-refractivity contribution is 7.98. The van der Waals surface area contributed by atoms with Crippen LogP contribution >= 0.6 is 23.1 Å². The number of phenolic OH excluding ortho intramolecular Hbond substituents is 1. The molecule has 8 nitrogen and oxygen atoms in total. The molecule has 0 radical (unpaired) electrons. The molecular formula is C19H19N7OS2. The van der Waals surface area contributed by atoms with Crippen molar-refractivity contribution in [3.63, 3.8) is 0 Å². The summed E-state index contributed by atoms with van der Waals surface area (Å²) in [7, 11) is 0. The minimum Gasteiger partial charge on any atom is -0.508 e. The van der Waals surface area contributed by atoms with Crippen LogP contribution in [0.4, 0.5) is 5.82 Å². The number of rotatable bonds is 4. The summed E-state index contributed by atoms with van der Waals surface area (Å²) in [6.07, 6.45) is 3.34. The van der Waals surface area contributed by atoms with E-state index in [-0.39, 0.29) is 5.75 Å². The van der Waals surface area contributed by atoms with Crippen LogP contribution in [0, 0.1) is 5.92 Å². The van der Waals surface area contributed by atoms with Gasteiger partial charge in [0.15, 0.2) is 0 Å². The standard InChI is InChI=1S/C19H19N7OS2/c1-10-2-7-13-14(8-10)29-18-16(13)17(20)21-15(22-18)9-28-19-23-24-25-26(19)11-3-5-12(27)6-4-11/h3-6,10,27H,2,7-9H2,1H3,(H2,20,21,22). The number of nitrogens with zero attached hydrogens (tertiary/aromatic N) is 6. The van der Waals surface area contributed by atoms with Crippen LogP contribution in [0.2, 0.25) is 0 Å². The third-order valence-electron chi connectivity index (χ3n) is 5.09. The van der Waals surface area contributed by atoms with E-state index in [0.29, 0.717) is 28.5 Å². The Kier molecular flexibility index (Phi) is 4.59. The topological polar surface area (TPSA) is 116 Å². The first kappa shape index (κ1) is 18.3. The fourth-order valence-corrected chi connectivity index (χ4v) is 5.79. The molecule has 3 N–H and O–H groups in total. The van der Waals surface area contributed by atoms with Gasteiger partial charge in [0.25, 0.3) is 0 Å². The van der Waals surface area contributed by atoms with Crippen molar-refractivity contribution < 1.29 is 5.11 Å². The number of aromatic nitrogens is 6. The van der Waals surface area contributed by atoms with Gasteiger partial charge in [0.05, 0.1) is 16.8 Å². The van der Waals surface area contributed by atoms with Gasteiger partial charge in [-0.2, -0.15) is 4.68 Å². The van der Waals surface area contributed by atoms with E-state index in [9.17, 15) is 5.11 Å². The van der Waals surface area contributed by atoms with E-state index in [1.807, 2.05) is 0 Å². The molecule has 1 unspecified atom stereocenters. The van der Waals surface area contributed by atoms with Gasteiger partial charge < -0.3 is 10.8 Å². The van der Waals surface area contributed by atoms with Gasteiger partial charge in [0.2, 0.25) is 5.16 Å². The van der Waals surface area contributed by atoms with Crippen molar-refractivity contribution in [2.24, 2.45) is 5.92 Å². The van der Waals surface area contributed by atoms with Crippen LogP contribution < -0.4 is 5.73 Å². The number of benzene rings is 1. The van der Waals surface area contributed by atoms with E-state index >= 15 is 0 Å². The third-order valence-corrected chi connectivity index (χ3v) is 7.16. The zero-order chi connectivity index (χ0) is 20.0. The number of nitrogens with two attached hydrogens (primary N) is 1. The molecule has 0 bridgehead atoms. The molecule has 29 heavy (non-hydrogen) atoms. The molecule has 0 spiro atoms. The molecule has 0 saturated heterocycles. The summed E-state index contributed by atoms with van der Waals surface area (Å²) >= 11 is 3.19. The summed E-state index contributed by atoms with van der Waals surface area (Å²) in [6.45, 7) is 2.29. The minimum absolute atomic E-state index is 0.196. The van der Waals surface area contributed by atoms with Crippen LogP contribution in [0.3, 0.4) is 0 Å². The van der Waals surface area contributed by atoms with Gasteiger partial charge in [-0.3, -0.25) is 0 Å². The number of aromatic hydroxyl groups is 1. The Morgan fingerprint density at radius 1 is 1.28 bits per heavy atom. The average Bonchev–Trinajstić information content (AvgIpc) is 3.30. The number of thioether (sulfide) groups is 1. The van der Waals surface area contributed by atoms with Crippen molar-refractivity contribution in [2.45, 2.75) is 37.1 Å². The summed E-state index contributed by atoms with van der Waals surface area (Å²) in [4.78, 5) is 11.7. The molecule has 0 aliphatic heterocycles. The fourth-order valence-electron chi connectivity index (χ4n) is 3.63. The van der Waals surface area contributed by atoms with E-state index in [4.69, 9.17) is 10.7 Å². The lowest BCUT2D eigenvalue weighted by Crippen LogP contribution is -2.09. The molecule has 0 amide bonds. The quantitative estimate of drug-likeness (QED) is 0.478. The molecule has 3 aromatic heterocycles. The van der Waals surface area contributed by atoms with E-state index in [2.05, 4.69) is 27.4 Å². The van der Waals surface area contributed by atoms with Gasteiger partial charge in [0, 0.05) is 4.88 Å². The summed E-state index contributed by atoms with van der Waals surface area (Å²) in [5.41, 5.74) is 8.43. The predicted molar refractivity (Wildman–Crippen MR) is 113 cm³/mol. The lowest BCUT2D eigenvalue weighted by Gasteiger charge is -2.17. The Bertz CT molecular complexity index is 1190. The van der Waals surface area contributed by atoms with Crippen LogP contribution in [-0.4, -0.2) is 35.3 Å². The van der Waals surface area contributed by atoms with E-state index in [0.717, 1.165) is 28.7 Å². The molecule has 1 aliphatic carbocycles. The average molecular weight is 426 g/mol. The summed E-state index contributed by atoms with van der Waals surface area (Å²) in [5.74, 6) is 2.65. The fraction of sp³-hybridized carbons (Fsp3) is 0.316. The van der Waals surface area contributed by atoms with Crippen LogP contribution in [0.15, 0.2) is 29.4 Å². The summed E-state index contributed by atoms with van der Waals surface area (Å²) in [6, 6.07) is 6.71. The SMILES string of the molecule is CC1CCc2c(sc3nc(CSc4nnnn4-c4ccc(O)cc4)nc(N)c23)C1. The van der Waals surface area contributed by atoms with Gasteiger partial charge in [-0.15, -0.1) is 16.4 Å². The van der Waals surface area contributed by atoms with Gasteiger partial charge in [-0.1, -0.05) is 18.7 Å². The first-order valence-corrected chi connectivity index (χ1v) is 11.2. The molecule has 10 heteroatoms. The Morgan fingerprint density at radius 3 is 2.93 bits per heavy atom. The van der Waals surface area contributed by atoms with Gasteiger partial charge in [-0.05, 0) is 65.4 Å². The Hall–Kier alpha value is -2.72. The van der Waals surface area contributed by atoms with Crippen molar-refractivity contribution in [1.29, 1.82) is 0 Å². The van der Waals surface area contributed by atoms with Crippen LogP contribution in [-0.2, 0) is 18.6 Å². The Morgan fingerprint density at radius 2 is 2.10 bits per heavy atom. The third kappa shape index (κ3) is 3.42. The monoisotopic (exact) mass is 425 g/mol. The first-order chi connectivity index (χ1) is 14.1. The summed E-state index contributed by atoms with van der Waals surface area (Å²) < 4.78 is 1.62. The normalized spacial score (nSPS) is 16.2. The van der Waals surface area contributed by atoms with E-state index in [1.54, 1.807) is 40.3 Å². The Labute approximate surface area is 175 Å². The molecule has 1 aliphatic rings. The molecule has 0 fully saturated rings. The number of aryl methyl sites for hydroxylation is 1. The molecular weight excluding hydrogens is 406 g/mol. The number of fused-ring (bicyclic) bond motifs is 3. The molecule has 3 heterocycles. The number of anilines is 1. The van der Waals surface area contributed by atoms with Gasteiger partial charge in [-0.25, -0.2) is 9.97 Å². The molecule has 0 saturated carbocycles. The highest BCUT2D eigenvalue weighted by Crippen LogP contribution is 2.39. The maximum atomic E-state index is 9.47. The van der Waals surface area contributed by atoms with Gasteiger partial charge in [0.1, 0.15) is 22.2 Å². The maximum Gasteiger partial charge on any atom is 0.214 e. The lowest BCUT2D eigenvalue weighted by molar-refractivity contribution is 0.475. The molecule has 1 aromatic carbocycles. The van der Waals surface area contributed by atoms with Crippen molar-refractivity contribution >= 4 is 39.1 Å². The smallest absolute Gasteiger partial charge is 0.214 e. The molecule has 4 aromatic rings. The molecule has 1 atom stereocenters. The van der Waals surface area contributed by atoms with Crippen LogP contribution in [0.1, 0.15) is 29.6 Å². The predicted octanol–water partition coefficient (Wildman–Crippen LogP) is 3.37. The number of nitrogen functional groups attached to an aromatic ring is 1. The van der Waals surface area contributed by atoms with Crippen molar-refractivity contribution in [2.75, 3.05) is 5.73 Å². The van der Waals surface area contributed by atoms with E-state index in [1.165, 1.54) is 28.6 Å². The number of hydrogen-bond donors (Lipinski definition) is 2. The minimum atomic E-state index is 0.196. The zero-order valence-corrected chi connectivity index (χ0v) is 17.4. The van der Waals surface area contributed by atoms with Crippen molar-refractivity contribution in [3.8, 4) is 11.4 Å². The maximum absolute atomic E-state index is 9.47. The van der Waals surface area contributed by atoms with Gasteiger partial charge >= 0.3 is 0 Å². The molecule has 148 valence electrons. The van der Waals surface area contributed by atoms with Crippen LogP contribution in [0.25, 0.3) is 15.9 Å². The number of hydrogen-bond acceptors (Lipinski definition) is 9. The first-order valence-electron chi connectivity index (χ1n) is 9.35. The number of thiophene rings is 1. The Balaban J connectivity index is 1.41. The highest BCUT2D eigenvalue weighted by atomic mass is 32.2. The second kappa shape index (κ2) is 7.27. The number of phenols is 1. The lowest BCUT2D eigenvalue weighted by atomic mass is 9.89. The van der Waals surface area contributed by atoms with Crippen molar-refractivity contribution in [3.05, 3.63) is 40.5 Å².